The quantitative estimate of drug-likeness (QED) is 0.521. The number of aldehydes is 1. The van der Waals surface area contributed by atoms with Crippen molar-refractivity contribution in [3.8, 4) is 0 Å². The van der Waals surface area contributed by atoms with Crippen LogP contribution in [0, 0.1) is 0 Å². The van der Waals surface area contributed by atoms with Crippen molar-refractivity contribution in [2.24, 2.45) is 0 Å². The maximum absolute atomic E-state index is 10.3. The molecule has 0 radical (unpaired) electrons. The summed E-state index contributed by atoms with van der Waals surface area (Å²) in [7, 11) is 0. The summed E-state index contributed by atoms with van der Waals surface area (Å²) in [4.78, 5) is 10.3. The lowest BCUT2D eigenvalue weighted by Crippen LogP contribution is -2.34. The van der Waals surface area contributed by atoms with Gasteiger partial charge in [-0.05, 0) is 36.7 Å². The van der Waals surface area contributed by atoms with Gasteiger partial charge in [-0.3, -0.25) is 0 Å². The van der Waals surface area contributed by atoms with Crippen molar-refractivity contribution in [3.63, 3.8) is 0 Å². The molecule has 0 saturated heterocycles. The third-order valence-electron chi connectivity index (χ3n) is 3.92. The number of unbranched alkanes of at least 4 members (excludes halogenated alkanes) is 2. The van der Waals surface area contributed by atoms with Crippen molar-refractivity contribution in [1.82, 2.24) is 0 Å². The molecule has 0 atom stereocenters. The highest BCUT2D eigenvalue weighted by atomic mass is 16.1. The molecular weight excluding hydrogens is 196 g/mol. The topological polar surface area (TPSA) is 17.1 Å². The third-order valence-corrected chi connectivity index (χ3v) is 3.92. The van der Waals surface area contributed by atoms with Crippen LogP contribution in [0.5, 0.6) is 0 Å². The average molecular weight is 216 g/mol. The Balaban J connectivity index is 1.95. The zero-order chi connectivity index (χ0) is 11.3. The Morgan fingerprint density at radius 1 is 1.12 bits per heavy atom. The van der Waals surface area contributed by atoms with Crippen molar-refractivity contribution in [3.05, 3.63) is 35.9 Å². The number of rotatable bonds is 6. The van der Waals surface area contributed by atoms with Gasteiger partial charge in [0.05, 0.1) is 0 Å². The van der Waals surface area contributed by atoms with E-state index in [2.05, 4.69) is 30.3 Å². The predicted molar refractivity (Wildman–Crippen MR) is 66.5 cm³/mol. The molecule has 1 aliphatic rings. The fourth-order valence-electron chi connectivity index (χ4n) is 2.77. The minimum Gasteiger partial charge on any atom is -0.303 e. The SMILES string of the molecule is O=CCCCCC1(c2ccccc2)CCC1. The summed E-state index contributed by atoms with van der Waals surface area (Å²) in [6.07, 6.45) is 9.29. The largest absolute Gasteiger partial charge is 0.303 e. The van der Waals surface area contributed by atoms with Gasteiger partial charge in [0.25, 0.3) is 0 Å². The van der Waals surface area contributed by atoms with E-state index in [0.29, 0.717) is 5.41 Å². The van der Waals surface area contributed by atoms with Gasteiger partial charge < -0.3 is 4.79 Å². The molecule has 0 amide bonds. The molecule has 1 saturated carbocycles. The van der Waals surface area contributed by atoms with Gasteiger partial charge in [0, 0.05) is 6.42 Å². The maximum atomic E-state index is 10.3. The fourth-order valence-corrected chi connectivity index (χ4v) is 2.77. The Morgan fingerprint density at radius 2 is 1.88 bits per heavy atom. The molecule has 0 aromatic heterocycles. The molecule has 1 aliphatic carbocycles. The van der Waals surface area contributed by atoms with Crippen molar-refractivity contribution in [1.29, 1.82) is 0 Å². The molecule has 2 rings (SSSR count). The first-order valence-electron chi connectivity index (χ1n) is 6.37. The van der Waals surface area contributed by atoms with Crippen LogP contribution in [-0.2, 0) is 10.2 Å². The normalized spacial score (nSPS) is 17.8. The van der Waals surface area contributed by atoms with Crippen LogP contribution in [0.25, 0.3) is 0 Å². The minimum atomic E-state index is 0.449. The second-order valence-corrected chi connectivity index (χ2v) is 4.91. The Hall–Kier alpha value is -1.11. The van der Waals surface area contributed by atoms with Crippen LogP contribution < -0.4 is 0 Å². The molecule has 1 aromatic carbocycles. The van der Waals surface area contributed by atoms with Gasteiger partial charge in [0.2, 0.25) is 0 Å². The fraction of sp³-hybridized carbons (Fsp3) is 0.533. The van der Waals surface area contributed by atoms with E-state index in [1.165, 1.54) is 37.7 Å². The van der Waals surface area contributed by atoms with Gasteiger partial charge >= 0.3 is 0 Å². The van der Waals surface area contributed by atoms with E-state index in [9.17, 15) is 4.79 Å². The smallest absolute Gasteiger partial charge is 0.119 e. The molecule has 0 bridgehead atoms. The van der Waals surface area contributed by atoms with Crippen LogP contribution in [0.3, 0.4) is 0 Å². The average Bonchev–Trinajstić information content (AvgIpc) is 2.28. The van der Waals surface area contributed by atoms with E-state index in [0.717, 1.165) is 19.1 Å². The van der Waals surface area contributed by atoms with Crippen LogP contribution in [0.15, 0.2) is 30.3 Å². The molecular formula is C15H20O. The molecule has 86 valence electrons. The first-order chi connectivity index (χ1) is 7.87. The van der Waals surface area contributed by atoms with E-state index >= 15 is 0 Å². The number of carbonyl (C=O) groups excluding carboxylic acids is 1. The van der Waals surface area contributed by atoms with Crippen LogP contribution in [-0.4, -0.2) is 6.29 Å². The molecule has 1 fully saturated rings. The van der Waals surface area contributed by atoms with Crippen LogP contribution in [0.1, 0.15) is 50.5 Å². The van der Waals surface area contributed by atoms with Crippen LogP contribution in [0.2, 0.25) is 0 Å². The lowest BCUT2D eigenvalue weighted by Gasteiger charge is -2.43. The summed E-state index contributed by atoms with van der Waals surface area (Å²) in [5, 5.41) is 0. The lowest BCUT2D eigenvalue weighted by atomic mass is 9.62. The highest BCUT2D eigenvalue weighted by Crippen LogP contribution is 2.47. The minimum absolute atomic E-state index is 0.449. The van der Waals surface area contributed by atoms with E-state index in [1.54, 1.807) is 0 Å². The van der Waals surface area contributed by atoms with Crippen molar-refractivity contribution >= 4 is 6.29 Å². The van der Waals surface area contributed by atoms with E-state index < -0.39 is 0 Å². The second-order valence-electron chi connectivity index (χ2n) is 4.91. The summed E-state index contributed by atoms with van der Waals surface area (Å²) in [5.74, 6) is 0. The highest BCUT2D eigenvalue weighted by Gasteiger charge is 2.37. The first-order valence-corrected chi connectivity index (χ1v) is 6.37. The maximum Gasteiger partial charge on any atom is 0.119 e. The van der Waals surface area contributed by atoms with E-state index in [1.807, 2.05) is 0 Å². The van der Waals surface area contributed by atoms with E-state index in [-0.39, 0.29) is 0 Å². The van der Waals surface area contributed by atoms with Gasteiger partial charge in [-0.1, -0.05) is 43.2 Å². The Bertz CT molecular complexity index is 325. The molecule has 0 spiro atoms. The second kappa shape index (κ2) is 5.29. The van der Waals surface area contributed by atoms with Gasteiger partial charge in [0.15, 0.2) is 0 Å². The molecule has 1 heteroatoms. The van der Waals surface area contributed by atoms with E-state index in [4.69, 9.17) is 0 Å². The summed E-state index contributed by atoms with van der Waals surface area (Å²) >= 11 is 0. The summed E-state index contributed by atoms with van der Waals surface area (Å²) in [6.45, 7) is 0. The number of hydrogen-bond acceptors (Lipinski definition) is 1. The van der Waals surface area contributed by atoms with Gasteiger partial charge in [-0.15, -0.1) is 0 Å². The standard InChI is InChI=1S/C15H20O/c16-13-6-2-5-10-15(11-7-12-15)14-8-3-1-4-9-14/h1,3-4,8-9,13H,2,5-7,10-12H2. The molecule has 0 aliphatic heterocycles. The molecule has 1 nitrogen and oxygen atoms in total. The van der Waals surface area contributed by atoms with Crippen molar-refractivity contribution < 1.29 is 4.79 Å². The first kappa shape index (κ1) is 11.4. The molecule has 0 heterocycles. The molecule has 1 aromatic rings. The third kappa shape index (κ3) is 2.34. The zero-order valence-electron chi connectivity index (χ0n) is 9.82. The monoisotopic (exact) mass is 216 g/mol. The summed E-state index contributed by atoms with van der Waals surface area (Å²) in [5.41, 5.74) is 1.96. The van der Waals surface area contributed by atoms with Gasteiger partial charge in [0.1, 0.15) is 6.29 Å². The van der Waals surface area contributed by atoms with Crippen molar-refractivity contribution in [2.75, 3.05) is 0 Å². The summed E-state index contributed by atoms with van der Waals surface area (Å²) in [6, 6.07) is 10.9. The summed E-state index contributed by atoms with van der Waals surface area (Å²) < 4.78 is 0. The Morgan fingerprint density at radius 3 is 2.44 bits per heavy atom. The molecule has 16 heavy (non-hydrogen) atoms. The number of carbonyl (C=O) groups is 1. The van der Waals surface area contributed by atoms with Crippen LogP contribution >= 0.6 is 0 Å². The number of hydrogen-bond donors (Lipinski definition) is 0. The highest BCUT2D eigenvalue weighted by molar-refractivity contribution is 5.48. The molecule has 0 N–H and O–H groups in total. The Kier molecular flexibility index (Phi) is 3.76. The predicted octanol–water partition coefficient (Wildman–Crippen LogP) is 3.87. The molecule has 0 unspecified atom stereocenters. The number of benzene rings is 1. The van der Waals surface area contributed by atoms with Gasteiger partial charge in [-0.25, -0.2) is 0 Å². The Labute approximate surface area is 97.9 Å². The van der Waals surface area contributed by atoms with Crippen molar-refractivity contribution in [2.45, 2.75) is 50.4 Å². The lowest BCUT2D eigenvalue weighted by molar-refractivity contribution is -0.107. The van der Waals surface area contributed by atoms with Crippen LogP contribution in [0.4, 0.5) is 0 Å². The zero-order valence-corrected chi connectivity index (χ0v) is 9.82. The van der Waals surface area contributed by atoms with Gasteiger partial charge in [-0.2, -0.15) is 0 Å².